The van der Waals surface area contributed by atoms with Gasteiger partial charge in [0, 0.05) is 12.2 Å². The Labute approximate surface area is 102 Å². The van der Waals surface area contributed by atoms with E-state index in [0.717, 1.165) is 19.4 Å². The summed E-state index contributed by atoms with van der Waals surface area (Å²) in [5.41, 5.74) is 2.51. The van der Waals surface area contributed by atoms with E-state index < -0.39 is 10.0 Å². The lowest BCUT2D eigenvalue weighted by Gasteiger charge is -2.13. The second-order valence-electron chi connectivity index (χ2n) is 4.42. The summed E-state index contributed by atoms with van der Waals surface area (Å²) in [5.74, 6) is 0.177. The molecule has 0 bridgehead atoms. The lowest BCUT2D eigenvalue weighted by Crippen LogP contribution is -2.23. The van der Waals surface area contributed by atoms with Crippen LogP contribution in [0.2, 0.25) is 0 Å². The van der Waals surface area contributed by atoms with E-state index in [9.17, 15) is 8.42 Å². The van der Waals surface area contributed by atoms with Crippen molar-refractivity contribution in [2.24, 2.45) is 0 Å². The van der Waals surface area contributed by atoms with Crippen LogP contribution in [-0.4, -0.2) is 30.8 Å². The second-order valence-corrected chi connectivity index (χ2v) is 6.46. The third-order valence-electron chi connectivity index (χ3n) is 3.23. The van der Waals surface area contributed by atoms with Crippen molar-refractivity contribution in [1.29, 1.82) is 0 Å². The Morgan fingerprint density at radius 1 is 1.41 bits per heavy atom. The van der Waals surface area contributed by atoms with Gasteiger partial charge in [-0.25, -0.2) is 18.1 Å². The summed E-state index contributed by atoms with van der Waals surface area (Å²) in [7, 11) is -1.62. The minimum absolute atomic E-state index is 0.177. The third-order valence-corrected chi connectivity index (χ3v) is 4.68. The van der Waals surface area contributed by atoms with Crippen molar-refractivity contribution in [1.82, 2.24) is 14.3 Å². The van der Waals surface area contributed by atoms with E-state index in [2.05, 4.69) is 14.3 Å². The minimum Gasteiger partial charge on any atom is -0.334 e. The number of aryl methyl sites for hydroxylation is 2. The molecule has 0 saturated carbocycles. The summed E-state index contributed by atoms with van der Waals surface area (Å²) in [6.45, 7) is 0.739. The maximum absolute atomic E-state index is 11.3. The van der Waals surface area contributed by atoms with Gasteiger partial charge in [0.15, 0.2) is 0 Å². The number of sulfonamides is 1. The highest BCUT2D eigenvalue weighted by Crippen LogP contribution is 2.19. The van der Waals surface area contributed by atoms with Gasteiger partial charge in [-0.2, -0.15) is 0 Å². The van der Waals surface area contributed by atoms with Gasteiger partial charge in [0.2, 0.25) is 10.0 Å². The number of hydrogen-bond acceptors (Lipinski definition) is 3. The largest absolute Gasteiger partial charge is 0.334 e. The molecular formula is C11H19N3O2S. The molecule has 0 aromatic carbocycles. The van der Waals surface area contributed by atoms with Crippen LogP contribution in [0.25, 0.3) is 0 Å². The molecule has 6 heteroatoms. The standard InChI is InChI=1S/C11H19N3O2S/c1-12-17(15,16)8-4-7-14-9-13-10-5-2-3-6-11(10)14/h9,12H,2-8H2,1H3. The zero-order valence-electron chi connectivity index (χ0n) is 10.1. The molecule has 1 aromatic rings. The van der Waals surface area contributed by atoms with Gasteiger partial charge in [0.25, 0.3) is 0 Å². The fourth-order valence-corrected chi connectivity index (χ4v) is 2.96. The van der Waals surface area contributed by atoms with Crippen LogP contribution in [0.15, 0.2) is 6.33 Å². The molecular weight excluding hydrogens is 238 g/mol. The predicted molar refractivity (Wildman–Crippen MR) is 66.3 cm³/mol. The number of fused-ring (bicyclic) bond motifs is 1. The molecule has 96 valence electrons. The maximum Gasteiger partial charge on any atom is 0.211 e. The van der Waals surface area contributed by atoms with Crippen molar-refractivity contribution in [3.63, 3.8) is 0 Å². The zero-order chi connectivity index (χ0) is 12.3. The Hall–Kier alpha value is -0.880. The smallest absolute Gasteiger partial charge is 0.211 e. The molecule has 1 N–H and O–H groups in total. The Balaban J connectivity index is 1.94. The molecule has 0 radical (unpaired) electrons. The van der Waals surface area contributed by atoms with E-state index in [-0.39, 0.29) is 5.75 Å². The normalized spacial score (nSPS) is 15.8. The van der Waals surface area contributed by atoms with E-state index in [1.165, 1.54) is 31.3 Å². The van der Waals surface area contributed by atoms with E-state index in [1.54, 1.807) is 0 Å². The fourth-order valence-electron chi connectivity index (χ4n) is 2.25. The second kappa shape index (κ2) is 5.18. The summed E-state index contributed by atoms with van der Waals surface area (Å²) < 4.78 is 27.0. The molecule has 1 heterocycles. The predicted octanol–water partition coefficient (Wildman–Crippen LogP) is 0.701. The lowest BCUT2D eigenvalue weighted by atomic mass is 10.0. The van der Waals surface area contributed by atoms with E-state index in [0.29, 0.717) is 6.42 Å². The Kier molecular flexibility index (Phi) is 3.83. The lowest BCUT2D eigenvalue weighted by molar-refractivity contribution is 0.569. The van der Waals surface area contributed by atoms with Gasteiger partial charge in [-0.15, -0.1) is 0 Å². The van der Waals surface area contributed by atoms with Crippen molar-refractivity contribution >= 4 is 10.0 Å². The van der Waals surface area contributed by atoms with Gasteiger partial charge in [0.1, 0.15) is 0 Å². The average Bonchev–Trinajstić information content (AvgIpc) is 2.73. The zero-order valence-corrected chi connectivity index (χ0v) is 11.0. The van der Waals surface area contributed by atoms with Gasteiger partial charge in [0.05, 0.1) is 17.8 Å². The first kappa shape index (κ1) is 12.6. The summed E-state index contributed by atoms with van der Waals surface area (Å²) in [6, 6.07) is 0. The molecule has 2 rings (SSSR count). The van der Waals surface area contributed by atoms with Crippen LogP contribution in [0.4, 0.5) is 0 Å². The monoisotopic (exact) mass is 257 g/mol. The van der Waals surface area contributed by atoms with Crippen LogP contribution in [0.3, 0.4) is 0 Å². The molecule has 0 aliphatic heterocycles. The van der Waals surface area contributed by atoms with Gasteiger partial charge in [-0.3, -0.25) is 0 Å². The van der Waals surface area contributed by atoms with Crippen LogP contribution in [0.5, 0.6) is 0 Å². The number of hydrogen-bond donors (Lipinski definition) is 1. The van der Waals surface area contributed by atoms with Crippen molar-refractivity contribution in [3.8, 4) is 0 Å². The van der Waals surface area contributed by atoms with Crippen LogP contribution >= 0.6 is 0 Å². The fraction of sp³-hybridized carbons (Fsp3) is 0.727. The first-order valence-electron chi connectivity index (χ1n) is 6.06. The number of rotatable bonds is 5. The van der Waals surface area contributed by atoms with Crippen molar-refractivity contribution in [2.45, 2.75) is 38.6 Å². The molecule has 0 saturated heterocycles. The van der Waals surface area contributed by atoms with Crippen LogP contribution in [-0.2, 0) is 29.4 Å². The number of aromatic nitrogens is 2. The highest BCUT2D eigenvalue weighted by atomic mass is 32.2. The van der Waals surface area contributed by atoms with Gasteiger partial charge in [-0.05, 0) is 39.2 Å². The molecule has 1 aromatic heterocycles. The van der Waals surface area contributed by atoms with Crippen molar-refractivity contribution < 1.29 is 8.42 Å². The highest BCUT2D eigenvalue weighted by molar-refractivity contribution is 7.89. The van der Waals surface area contributed by atoms with E-state index in [1.807, 2.05) is 6.33 Å². The molecule has 1 aliphatic carbocycles. The van der Waals surface area contributed by atoms with Gasteiger partial charge in [-0.1, -0.05) is 0 Å². The Morgan fingerprint density at radius 2 is 2.18 bits per heavy atom. The highest BCUT2D eigenvalue weighted by Gasteiger charge is 2.15. The molecule has 0 spiro atoms. The molecule has 0 fully saturated rings. The topological polar surface area (TPSA) is 64.0 Å². The third kappa shape index (κ3) is 3.07. The molecule has 0 amide bonds. The van der Waals surface area contributed by atoms with Gasteiger partial charge >= 0.3 is 0 Å². The van der Waals surface area contributed by atoms with Crippen LogP contribution in [0, 0.1) is 0 Å². The molecule has 5 nitrogen and oxygen atoms in total. The van der Waals surface area contributed by atoms with E-state index in [4.69, 9.17) is 0 Å². The summed E-state index contributed by atoms with van der Waals surface area (Å²) in [4.78, 5) is 4.39. The van der Waals surface area contributed by atoms with Crippen molar-refractivity contribution in [3.05, 3.63) is 17.7 Å². The van der Waals surface area contributed by atoms with Gasteiger partial charge < -0.3 is 4.57 Å². The molecule has 1 aliphatic rings. The first-order valence-corrected chi connectivity index (χ1v) is 7.72. The number of nitrogens with zero attached hydrogens (tertiary/aromatic N) is 2. The summed E-state index contributed by atoms with van der Waals surface area (Å²) >= 11 is 0. The number of imidazole rings is 1. The van der Waals surface area contributed by atoms with Crippen LogP contribution < -0.4 is 4.72 Å². The average molecular weight is 257 g/mol. The Morgan fingerprint density at radius 3 is 2.94 bits per heavy atom. The Bertz CT molecular complexity index is 479. The molecule has 0 atom stereocenters. The summed E-state index contributed by atoms with van der Waals surface area (Å²) in [6.07, 6.45) is 7.06. The maximum atomic E-state index is 11.3. The molecule has 17 heavy (non-hydrogen) atoms. The van der Waals surface area contributed by atoms with E-state index >= 15 is 0 Å². The SMILES string of the molecule is CNS(=O)(=O)CCCn1cnc2c1CCCC2. The quantitative estimate of drug-likeness (QED) is 0.844. The minimum atomic E-state index is -3.08. The summed E-state index contributed by atoms with van der Waals surface area (Å²) in [5, 5.41) is 0. The van der Waals surface area contributed by atoms with Crippen LogP contribution in [0.1, 0.15) is 30.7 Å². The first-order chi connectivity index (χ1) is 8.12. The number of nitrogens with one attached hydrogen (secondary N) is 1. The molecule has 0 unspecified atom stereocenters. The van der Waals surface area contributed by atoms with Crippen molar-refractivity contribution in [2.75, 3.05) is 12.8 Å².